The molecule has 7 heteroatoms. The molecule has 2 heterocycles. The van der Waals surface area contributed by atoms with E-state index in [9.17, 15) is 0 Å². The number of nitrogens with one attached hydrogen (secondary N) is 1. The van der Waals surface area contributed by atoms with E-state index in [1.165, 1.54) is 0 Å². The van der Waals surface area contributed by atoms with Crippen molar-refractivity contribution in [3.8, 4) is 0 Å². The van der Waals surface area contributed by atoms with Crippen molar-refractivity contribution in [1.82, 2.24) is 15.2 Å². The molecule has 0 aromatic carbocycles. The van der Waals surface area contributed by atoms with Crippen LogP contribution in [0.5, 0.6) is 0 Å². The maximum atomic E-state index is 5.83. The van der Waals surface area contributed by atoms with Gasteiger partial charge in [0.15, 0.2) is 5.82 Å². The molecule has 0 aliphatic rings. The van der Waals surface area contributed by atoms with Gasteiger partial charge in [-0.1, -0.05) is 19.1 Å². The minimum absolute atomic E-state index is 0.0829. The first-order valence-corrected chi connectivity index (χ1v) is 7.63. The Hall–Kier alpha value is -1.60. The van der Waals surface area contributed by atoms with E-state index in [4.69, 9.17) is 18.0 Å². The van der Waals surface area contributed by atoms with Crippen LogP contribution in [0.4, 0.5) is 5.82 Å². The Labute approximate surface area is 127 Å². The molecule has 0 amide bonds. The molecule has 3 N–H and O–H groups in total. The zero-order valence-corrected chi connectivity index (χ0v) is 13.3. The number of nitrogens with two attached hydrogens (primary N) is 1. The van der Waals surface area contributed by atoms with Crippen LogP contribution in [0.3, 0.4) is 0 Å². The predicted octanol–water partition coefficient (Wildman–Crippen LogP) is 2.75. The minimum Gasteiger partial charge on any atom is -0.389 e. The van der Waals surface area contributed by atoms with Crippen LogP contribution in [-0.2, 0) is 0 Å². The van der Waals surface area contributed by atoms with Crippen LogP contribution >= 0.6 is 23.6 Å². The number of rotatable bonds is 5. The van der Waals surface area contributed by atoms with Crippen molar-refractivity contribution in [3.63, 3.8) is 0 Å². The highest BCUT2D eigenvalue weighted by molar-refractivity contribution is 7.80. The van der Waals surface area contributed by atoms with Gasteiger partial charge in [-0.25, -0.2) is 4.98 Å². The van der Waals surface area contributed by atoms with Crippen molar-refractivity contribution in [1.29, 1.82) is 0 Å². The molecule has 0 aliphatic carbocycles. The number of aryl methyl sites for hydroxylation is 1. The van der Waals surface area contributed by atoms with Crippen LogP contribution in [0.1, 0.15) is 41.2 Å². The van der Waals surface area contributed by atoms with Crippen LogP contribution in [0.25, 0.3) is 0 Å². The number of thiazole rings is 1. The lowest BCUT2D eigenvalue weighted by molar-refractivity contribution is 0.732. The average molecular weight is 307 g/mol. The highest BCUT2D eigenvalue weighted by Crippen LogP contribution is 2.26. The highest BCUT2D eigenvalue weighted by Gasteiger charge is 2.18. The molecule has 5 nitrogen and oxygen atoms in total. The smallest absolute Gasteiger partial charge is 0.159 e. The Morgan fingerprint density at radius 3 is 2.75 bits per heavy atom. The first-order chi connectivity index (χ1) is 9.54. The Kier molecular flexibility index (Phi) is 4.61. The molecule has 0 radical (unpaired) electrons. The number of anilines is 1. The van der Waals surface area contributed by atoms with Gasteiger partial charge in [0.2, 0.25) is 0 Å². The molecule has 0 bridgehead atoms. The van der Waals surface area contributed by atoms with Gasteiger partial charge in [0.05, 0.1) is 17.3 Å². The molecule has 0 fully saturated rings. The van der Waals surface area contributed by atoms with Crippen LogP contribution in [-0.4, -0.2) is 20.2 Å². The molecule has 2 aromatic rings. The van der Waals surface area contributed by atoms with E-state index in [1.54, 1.807) is 17.5 Å². The summed E-state index contributed by atoms with van der Waals surface area (Å²) >= 11 is 6.75. The minimum atomic E-state index is 0.0829. The van der Waals surface area contributed by atoms with Gasteiger partial charge in [-0.2, -0.15) is 5.10 Å². The molecule has 0 saturated heterocycles. The van der Waals surface area contributed by atoms with E-state index in [1.807, 2.05) is 19.2 Å². The van der Waals surface area contributed by atoms with Gasteiger partial charge in [-0.05, 0) is 25.8 Å². The van der Waals surface area contributed by atoms with E-state index in [2.05, 4.69) is 27.4 Å². The van der Waals surface area contributed by atoms with Crippen molar-refractivity contribution in [2.24, 2.45) is 5.73 Å². The first kappa shape index (κ1) is 14.8. The van der Waals surface area contributed by atoms with Crippen LogP contribution in [0, 0.1) is 13.8 Å². The van der Waals surface area contributed by atoms with Gasteiger partial charge in [0, 0.05) is 11.6 Å². The second-order valence-electron chi connectivity index (χ2n) is 4.47. The fraction of sp³-hybridized carbons (Fsp3) is 0.385. The Bertz CT molecular complexity index is 609. The molecular weight excluding hydrogens is 290 g/mol. The third kappa shape index (κ3) is 2.94. The normalized spacial score (nSPS) is 12.2. The highest BCUT2D eigenvalue weighted by atomic mass is 32.1. The number of hydrogen-bond acceptors (Lipinski definition) is 6. The summed E-state index contributed by atoms with van der Waals surface area (Å²) in [6.45, 7) is 5.94. The predicted molar refractivity (Wildman–Crippen MR) is 86.2 cm³/mol. The molecule has 0 aliphatic heterocycles. The van der Waals surface area contributed by atoms with Crippen molar-refractivity contribution < 1.29 is 0 Å². The number of aromatic nitrogens is 3. The maximum absolute atomic E-state index is 5.83. The van der Waals surface area contributed by atoms with Crippen molar-refractivity contribution in [2.45, 2.75) is 33.2 Å². The average Bonchev–Trinajstić information content (AvgIpc) is 2.93. The second kappa shape index (κ2) is 6.23. The molecule has 20 heavy (non-hydrogen) atoms. The summed E-state index contributed by atoms with van der Waals surface area (Å²) in [4.78, 5) is 4.67. The standard InChI is InChI=1S/C13H17N5S2/c1-4-9(13-15-5-6-20-13)16-12-10(11(14)19)7(2)8(3)17-18-12/h5-6,9H,4H2,1-3H3,(H2,14,19)(H,16,18). The topological polar surface area (TPSA) is 76.7 Å². The van der Waals surface area contributed by atoms with E-state index < -0.39 is 0 Å². The second-order valence-corrected chi connectivity index (χ2v) is 5.84. The fourth-order valence-corrected chi connectivity index (χ4v) is 2.94. The number of nitrogens with zero attached hydrogens (tertiary/aromatic N) is 3. The van der Waals surface area contributed by atoms with Gasteiger partial charge in [-0.3, -0.25) is 0 Å². The largest absolute Gasteiger partial charge is 0.389 e. The van der Waals surface area contributed by atoms with Crippen LogP contribution < -0.4 is 11.1 Å². The third-order valence-corrected chi connectivity index (χ3v) is 4.26. The summed E-state index contributed by atoms with van der Waals surface area (Å²) in [5.41, 5.74) is 8.39. The summed E-state index contributed by atoms with van der Waals surface area (Å²) in [6.07, 6.45) is 2.68. The monoisotopic (exact) mass is 307 g/mol. The van der Waals surface area contributed by atoms with Gasteiger partial charge >= 0.3 is 0 Å². The Morgan fingerprint density at radius 2 is 2.20 bits per heavy atom. The summed E-state index contributed by atoms with van der Waals surface area (Å²) in [5.74, 6) is 0.627. The lowest BCUT2D eigenvalue weighted by atomic mass is 10.1. The summed E-state index contributed by atoms with van der Waals surface area (Å²) < 4.78 is 0. The molecule has 0 saturated carbocycles. The fourth-order valence-electron chi connectivity index (χ4n) is 1.92. The SMILES string of the molecule is CCC(Nc1nnc(C)c(C)c1C(N)=S)c1nccs1. The molecule has 2 rings (SSSR count). The lowest BCUT2D eigenvalue weighted by Crippen LogP contribution is -2.20. The maximum Gasteiger partial charge on any atom is 0.159 e. The van der Waals surface area contributed by atoms with Gasteiger partial charge < -0.3 is 11.1 Å². The molecule has 1 atom stereocenters. The van der Waals surface area contributed by atoms with Crippen molar-refractivity contribution in [2.75, 3.05) is 5.32 Å². The van der Waals surface area contributed by atoms with Gasteiger partial charge in [0.25, 0.3) is 0 Å². The van der Waals surface area contributed by atoms with Gasteiger partial charge in [-0.15, -0.1) is 16.4 Å². The number of thiocarbonyl (C=S) groups is 1. The summed E-state index contributed by atoms with van der Waals surface area (Å²) in [7, 11) is 0. The Morgan fingerprint density at radius 1 is 1.45 bits per heavy atom. The van der Waals surface area contributed by atoms with Crippen LogP contribution in [0.15, 0.2) is 11.6 Å². The molecule has 1 unspecified atom stereocenters. The van der Waals surface area contributed by atoms with Crippen molar-refractivity contribution >= 4 is 34.4 Å². The zero-order chi connectivity index (χ0) is 14.7. The number of hydrogen-bond donors (Lipinski definition) is 2. The van der Waals surface area contributed by atoms with E-state index in [0.717, 1.165) is 28.2 Å². The molecule has 106 valence electrons. The molecule has 2 aromatic heterocycles. The molecular formula is C13H17N5S2. The molecule has 0 spiro atoms. The van der Waals surface area contributed by atoms with Gasteiger partial charge in [0.1, 0.15) is 10.00 Å². The quantitative estimate of drug-likeness (QED) is 0.827. The summed E-state index contributed by atoms with van der Waals surface area (Å²) in [5, 5.41) is 14.7. The third-order valence-electron chi connectivity index (χ3n) is 3.17. The summed E-state index contributed by atoms with van der Waals surface area (Å²) in [6, 6.07) is 0.0829. The lowest BCUT2D eigenvalue weighted by Gasteiger charge is -2.18. The first-order valence-electron chi connectivity index (χ1n) is 6.34. The van der Waals surface area contributed by atoms with Crippen LogP contribution in [0.2, 0.25) is 0 Å². The van der Waals surface area contributed by atoms with E-state index >= 15 is 0 Å². The zero-order valence-electron chi connectivity index (χ0n) is 11.7. The van der Waals surface area contributed by atoms with E-state index in [-0.39, 0.29) is 6.04 Å². The van der Waals surface area contributed by atoms with Crippen molar-refractivity contribution in [3.05, 3.63) is 33.4 Å². The Balaban J connectivity index is 2.38. The van der Waals surface area contributed by atoms with E-state index in [0.29, 0.717) is 10.8 Å².